The SMILES string of the molecule is Cl.N[C@@H]1CN(C(=O)c2cccc(NC(=O)C3CCCCC3)c2)C[C@H]1c1ccccc1. The number of hydrogen-bond acceptors (Lipinski definition) is 3. The van der Waals surface area contributed by atoms with Crippen molar-refractivity contribution in [3.63, 3.8) is 0 Å². The molecule has 0 unspecified atom stereocenters. The van der Waals surface area contributed by atoms with Crippen LogP contribution < -0.4 is 11.1 Å². The van der Waals surface area contributed by atoms with E-state index in [2.05, 4.69) is 17.4 Å². The Balaban J connectivity index is 0.00000256. The van der Waals surface area contributed by atoms with Gasteiger partial charge in [-0.3, -0.25) is 9.59 Å². The zero-order valence-corrected chi connectivity index (χ0v) is 17.9. The van der Waals surface area contributed by atoms with Crippen LogP contribution in [0.1, 0.15) is 53.9 Å². The van der Waals surface area contributed by atoms with E-state index in [4.69, 9.17) is 5.73 Å². The van der Waals surface area contributed by atoms with Gasteiger partial charge in [0.1, 0.15) is 0 Å². The van der Waals surface area contributed by atoms with E-state index < -0.39 is 0 Å². The molecule has 3 N–H and O–H groups in total. The van der Waals surface area contributed by atoms with Gasteiger partial charge in [-0.1, -0.05) is 55.7 Å². The molecule has 0 radical (unpaired) electrons. The highest BCUT2D eigenvalue weighted by Crippen LogP contribution is 2.28. The normalized spacial score (nSPS) is 21.7. The molecule has 2 atom stereocenters. The van der Waals surface area contributed by atoms with Crippen LogP contribution in [0.25, 0.3) is 0 Å². The van der Waals surface area contributed by atoms with E-state index in [0.717, 1.165) is 25.7 Å². The van der Waals surface area contributed by atoms with Crippen LogP contribution >= 0.6 is 12.4 Å². The van der Waals surface area contributed by atoms with Gasteiger partial charge in [0.25, 0.3) is 5.91 Å². The molecule has 1 saturated heterocycles. The van der Waals surface area contributed by atoms with Crippen LogP contribution in [0.15, 0.2) is 54.6 Å². The van der Waals surface area contributed by atoms with E-state index >= 15 is 0 Å². The number of nitrogens with two attached hydrogens (primary N) is 1. The number of halogens is 1. The van der Waals surface area contributed by atoms with Gasteiger partial charge in [-0.15, -0.1) is 12.4 Å². The van der Waals surface area contributed by atoms with Crippen molar-refractivity contribution < 1.29 is 9.59 Å². The second-order valence-electron chi connectivity index (χ2n) is 8.30. The lowest BCUT2D eigenvalue weighted by atomic mass is 9.88. The topological polar surface area (TPSA) is 75.4 Å². The fourth-order valence-corrected chi connectivity index (χ4v) is 4.57. The maximum absolute atomic E-state index is 13.1. The minimum Gasteiger partial charge on any atom is -0.336 e. The smallest absolute Gasteiger partial charge is 0.254 e. The van der Waals surface area contributed by atoms with Gasteiger partial charge in [0.2, 0.25) is 5.91 Å². The zero-order chi connectivity index (χ0) is 20.2. The molecule has 30 heavy (non-hydrogen) atoms. The van der Waals surface area contributed by atoms with Gasteiger partial charge in [0, 0.05) is 42.2 Å². The summed E-state index contributed by atoms with van der Waals surface area (Å²) < 4.78 is 0. The van der Waals surface area contributed by atoms with Crippen LogP contribution in [0.3, 0.4) is 0 Å². The lowest BCUT2D eigenvalue weighted by Gasteiger charge is -2.21. The van der Waals surface area contributed by atoms with Crippen LogP contribution in [0, 0.1) is 5.92 Å². The Morgan fingerprint density at radius 3 is 2.40 bits per heavy atom. The van der Waals surface area contributed by atoms with Crippen LogP contribution in [-0.4, -0.2) is 35.8 Å². The fraction of sp³-hybridized carbons (Fsp3) is 0.417. The van der Waals surface area contributed by atoms with Crippen molar-refractivity contribution in [2.24, 2.45) is 11.7 Å². The van der Waals surface area contributed by atoms with Gasteiger partial charge in [0.15, 0.2) is 0 Å². The summed E-state index contributed by atoms with van der Waals surface area (Å²) >= 11 is 0. The Morgan fingerprint density at radius 1 is 0.933 bits per heavy atom. The molecule has 2 aromatic carbocycles. The molecule has 4 rings (SSSR count). The van der Waals surface area contributed by atoms with E-state index in [9.17, 15) is 9.59 Å². The molecule has 1 saturated carbocycles. The first-order valence-electron chi connectivity index (χ1n) is 10.6. The molecule has 1 heterocycles. The Hall–Kier alpha value is -2.37. The third kappa shape index (κ3) is 5.02. The van der Waals surface area contributed by atoms with E-state index in [-0.39, 0.29) is 42.1 Å². The summed E-state index contributed by atoms with van der Waals surface area (Å²) in [5.41, 5.74) is 8.79. The summed E-state index contributed by atoms with van der Waals surface area (Å²) in [6.45, 7) is 1.15. The van der Waals surface area contributed by atoms with Gasteiger partial charge in [0.05, 0.1) is 0 Å². The number of nitrogens with zero attached hydrogens (tertiary/aromatic N) is 1. The largest absolute Gasteiger partial charge is 0.336 e. The minimum atomic E-state index is -0.0736. The van der Waals surface area contributed by atoms with Gasteiger partial charge in [-0.2, -0.15) is 0 Å². The average molecular weight is 428 g/mol. The molecule has 6 heteroatoms. The molecule has 1 aliphatic carbocycles. The zero-order valence-electron chi connectivity index (χ0n) is 17.1. The fourth-order valence-electron chi connectivity index (χ4n) is 4.57. The predicted molar refractivity (Wildman–Crippen MR) is 122 cm³/mol. The Morgan fingerprint density at radius 2 is 1.67 bits per heavy atom. The van der Waals surface area contributed by atoms with Crippen molar-refractivity contribution >= 4 is 29.9 Å². The first-order chi connectivity index (χ1) is 14.1. The second kappa shape index (κ2) is 10.1. The summed E-state index contributed by atoms with van der Waals surface area (Å²) in [6, 6.07) is 17.3. The summed E-state index contributed by atoms with van der Waals surface area (Å²) in [4.78, 5) is 27.4. The van der Waals surface area contributed by atoms with Crippen LogP contribution in [0.2, 0.25) is 0 Å². The van der Waals surface area contributed by atoms with E-state index in [1.807, 2.05) is 35.2 Å². The van der Waals surface area contributed by atoms with Crippen molar-refractivity contribution in [2.45, 2.75) is 44.1 Å². The number of benzene rings is 2. The third-order valence-electron chi connectivity index (χ3n) is 6.23. The number of anilines is 1. The van der Waals surface area contributed by atoms with Crippen molar-refractivity contribution in [2.75, 3.05) is 18.4 Å². The van der Waals surface area contributed by atoms with Crippen LogP contribution in [0.4, 0.5) is 5.69 Å². The quantitative estimate of drug-likeness (QED) is 0.767. The van der Waals surface area contributed by atoms with E-state index in [0.29, 0.717) is 24.3 Å². The number of hydrogen-bond donors (Lipinski definition) is 2. The molecule has 0 aromatic heterocycles. The van der Waals surface area contributed by atoms with Crippen molar-refractivity contribution in [3.05, 3.63) is 65.7 Å². The average Bonchev–Trinajstić information content (AvgIpc) is 3.16. The Labute approximate surface area is 184 Å². The van der Waals surface area contributed by atoms with Crippen molar-refractivity contribution in [1.82, 2.24) is 4.90 Å². The van der Waals surface area contributed by atoms with Crippen molar-refractivity contribution in [3.8, 4) is 0 Å². The van der Waals surface area contributed by atoms with Gasteiger partial charge in [-0.05, 0) is 36.6 Å². The summed E-state index contributed by atoms with van der Waals surface area (Å²) in [5.74, 6) is 0.273. The first kappa shape index (κ1) is 22.3. The number of rotatable bonds is 4. The molecule has 2 aliphatic rings. The highest BCUT2D eigenvalue weighted by atomic mass is 35.5. The first-order valence-corrected chi connectivity index (χ1v) is 10.6. The highest BCUT2D eigenvalue weighted by Gasteiger charge is 2.34. The molecule has 1 aliphatic heterocycles. The third-order valence-corrected chi connectivity index (χ3v) is 6.23. The summed E-state index contributed by atoms with van der Waals surface area (Å²) in [5, 5.41) is 3.01. The molecule has 2 amide bonds. The summed E-state index contributed by atoms with van der Waals surface area (Å²) in [7, 11) is 0. The molecule has 0 bridgehead atoms. The molecular formula is C24H30ClN3O2. The van der Waals surface area contributed by atoms with Crippen molar-refractivity contribution in [1.29, 1.82) is 0 Å². The number of amides is 2. The van der Waals surface area contributed by atoms with E-state index in [1.54, 1.807) is 12.1 Å². The molecule has 0 spiro atoms. The van der Waals surface area contributed by atoms with Gasteiger partial charge >= 0.3 is 0 Å². The minimum absolute atomic E-state index is 0. The Kier molecular flexibility index (Phi) is 7.51. The molecule has 5 nitrogen and oxygen atoms in total. The molecule has 160 valence electrons. The lowest BCUT2D eigenvalue weighted by Crippen LogP contribution is -2.32. The summed E-state index contributed by atoms with van der Waals surface area (Å²) in [6.07, 6.45) is 5.37. The van der Waals surface area contributed by atoms with Gasteiger partial charge in [-0.25, -0.2) is 0 Å². The number of carbonyl (C=O) groups excluding carboxylic acids is 2. The van der Waals surface area contributed by atoms with Crippen LogP contribution in [-0.2, 0) is 4.79 Å². The molecule has 2 fully saturated rings. The van der Waals surface area contributed by atoms with Crippen LogP contribution in [0.5, 0.6) is 0 Å². The maximum Gasteiger partial charge on any atom is 0.254 e. The molecule has 2 aromatic rings. The second-order valence-corrected chi connectivity index (χ2v) is 8.30. The standard InChI is InChI=1S/C24H29N3O2.ClH/c25-22-16-27(15-21(22)17-8-3-1-4-9-17)24(29)19-12-7-13-20(14-19)26-23(28)18-10-5-2-6-11-18;/h1,3-4,7-9,12-14,18,21-22H,2,5-6,10-11,15-16,25H2,(H,26,28);1H/t21-,22+;/m0./s1. The Bertz CT molecular complexity index is 868. The van der Waals surface area contributed by atoms with Gasteiger partial charge < -0.3 is 16.0 Å². The number of likely N-dealkylation sites (tertiary alicyclic amines) is 1. The molecular weight excluding hydrogens is 398 g/mol. The number of carbonyl (C=O) groups is 2. The predicted octanol–water partition coefficient (Wildman–Crippen LogP) is 4.19. The number of nitrogens with one attached hydrogen (secondary N) is 1. The highest BCUT2D eigenvalue weighted by molar-refractivity contribution is 5.98. The monoisotopic (exact) mass is 427 g/mol. The van der Waals surface area contributed by atoms with E-state index in [1.165, 1.54) is 12.0 Å². The maximum atomic E-state index is 13.1. The lowest BCUT2D eigenvalue weighted by molar-refractivity contribution is -0.120.